The van der Waals surface area contributed by atoms with Crippen molar-refractivity contribution in [3.63, 3.8) is 0 Å². The monoisotopic (exact) mass is 353 g/mol. The molecule has 1 saturated heterocycles. The van der Waals surface area contributed by atoms with E-state index in [4.69, 9.17) is 0 Å². The molecule has 2 heterocycles. The van der Waals surface area contributed by atoms with Crippen molar-refractivity contribution in [1.82, 2.24) is 25.1 Å². The molecule has 1 aliphatic heterocycles. The van der Waals surface area contributed by atoms with Crippen LogP contribution in [0.5, 0.6) is 0 Å². The van der Waals surface area contributed by atoms with E-state index in [9.17, 15) is 14.3 Å². The Balaban J connectivity index is 1.55. The second-order valence-electron chi connectivity index (χ2n) is 6.32. The van der Waals surface area contributed by atoms with E-state index >= 15 is 0 Å². The number of nitrogens with zero attached hydrogens (tertiary/aromatic N) is 5. The van der Waals surface area contributed by atoms with Crippen molar-refractivity contribution in [1.29, 1.82) is 0 Å². The quantitative estimate of drug-likeness (QED) is 0.772. The summed E-state index contributed by atoms with van der Waals surface area (Å²) in [6.45, 7) is 0.578. The van der Waals surface area contributed by atoms with Crippen LogP contribution in [0.1, 0.15) is 22.3 Å². The Kier molecular flexibility index (Phi) is 3.96. The van der Waals surface area contributed by atoms with Crippen molar-refractivity contribution in [3.8, 4) is 5.69 Å². The highest BCUT2D eigenvalue weighted by molar-refractivity contribution is 5.95. The van der Waals surface area contributed by atoms with E-state index < -0.39 is 5.60 Å². The summed E-state index contributed by atoms with van der Waals surface area (Å²) < 4.78 is 14.6. The van der Waals surface area contributed by atoms with Gasteiger partial charge in [0.15, 0.2) is 0 Å². The minimum absolute atomic E-state index is 0.159. The maximum Gasteiger partial charge on any atom is 0.254 e. The number of hydrogen-bond acceptors (Lipinski definition) is 5. The van der Waals surface area contributed by atoms with Crippen LogP contribution in [0.4, 0.5) is 4.39 Å². The van der Waals surface area contributed by atoms with E-state index in [1.54, 1.807) is 41.3 Å². The largest absolute Gasteiger partial charge is 0.383 e. The summed E-state index contributed by atoms with van der Waals surface area (Å²) >= 11 is 0. The fourth-order valence-corrected chi connectivity index (χ4v) is 3.21. The third-order valence-electron chi connectivity index (χ3n) is 4.62. The average Bonchev–Trinajstić information content (AvgIpc) is 3.32. The van der Waals surface area contributed by atoms with E-state index in [1.165, 1.54) is 23.1 Å². The molecule has 3 aromatic rings. The lowest BCUT2D eigenvalue weighted by molar-refractivity contribution is 0.0417. The van der Waals surface area contributed by atoms with Crippen LogP contribution in [-0.2, 0) is 5.60 Å². The zero-order valence-electron chi connectivity index (χ0n) is 13.8. The Hall–Kier alpha value is -3.13. The highest BCUT2D eigenvalue weighted by atomic mass is 19.1. The van der Waals surface area contributed by atoms with Crippen molar-refractivity contribution in [3.05, 3.63) is 71.8 Å². The van der Waals surface area contributed by atoms with Gasteiger partial charge in [0.1, 0.15) is 17.7 Å². The number of halogens is 1. The molecule has 2 aromatic carbocycles. The number of tetrazole rings is 1. The lowest BCUT2D eigenvalue weighted by Gasteiger charge is -2.24. The molecule has 0 radical (unpaired) electrons. The summed E-state index contributed by atoms with van der Waals surface area (Å²) in [6.07, 6.45) is 1.85. The van der Waals surface area contributed by atoms with E-state index in [2.05, 4.69) is 15.5 Å². The zero-order chi connectivity index (χ0) is 18.1. The summed E-state index contributed by atoms with van der Waals surface area (Å²) in [5, 5.41) is 21.9. The molecular weight excluding hydrogens is 337 g/mol. The van der Waals surface area contributed by atoms with Gasteiger partial charge in [0.05, 0.1) is 12.2 Å². The number of amides is 1. The Morgan fingerprint density at radius 1 is 1.19 bits per heavy atom. The molecule has 0 saturated carbocycles. The number of rotatable bonds is 3. The van der Waals surface area contributed by atoms with Crippen LogP contribution in [0.25, 0.3) is 5.69 Å². The minimum Gasteiger partial charge on any atom is -0.383 e. The minimum atomic E-state index is -1.17. The number of likely N-dealkylation sites (tertiary alicyclic amines) is 1. The maximum atomic E-state index is 13.1. The Labute approximate surface area is 148 Å². The third kappa shape index (κ3) is 2.95. The number of benzene rings is 2. The van der Waals surface area contributed by atoms with E-state index in [-0.39, 0.29) is 18.3 Å². The molecule has 26 heavy (non-hydrogen) atoms. The summed E-state index contributed by atoms with van der Waals surface area (Å²) in [7, 11) is 0. The van der Waals surface area contributed by atoms with Crippen LogP contribution in [-0.4, -0.2) is 49.2 Å². The van der Waals surface area contributed by atoms with Gasteiger partial charge in [-0.05, 0) is 52.7 Å². The fourth-order valence-electron chi connectivity index (χ4n) is 3.21. The highest BCUT2D eigenvalue weighted by Crippen LogP contribution is 2.32. The predicted octanol–water partition coefficient (Wildman–Crippen LogP) is 1.54. The van der Waals surface area contributed by atoms with Crippen LogP contribution in [0, 0.1) is 5.82 Å². The molecule has 0 bridgehead atoms. The SMILES string of the molecule is O=C(c1cccc(-n2cnnn2)c1)N1CCC(O)(c2ccc(F)cc2)C1. The Morgan fingerprint density at radius 3 is 2.73 bits per heavy atom. The first-order valence-corrected chi connectivity index (χ1v) is 8.16. The van der Waals surface area contributed by atoms with Crippen LogP contribution in [0.2, 0.25) is 0 Å². The van der Waals surface area contributed by atoms with E-state index in [0.717, 1.165) is 0 Å². The van der Waals surface area contributed by atoms with Crippen molar-refractivity contribution >= 4 is 5.91 Å². The van der Waals surface area contributed by atoms with Crippen molar-refractivity contribution in [2.24, 2.45) is 0 Å². The number of hydrogen-bond donors (Lipinski definition) is 1. The Bertz CT molecular complexity index is 929. The van der Waals surface area contributed by atoms with Gasteiger partial charge in [-0.3, -0.25) is 4.79 Å². The fraction of sp³-hybridized carbons (Fsp3) is 0.222. The standard InChI is InChI=1S/C18H16FN5O2/c19-15-6-4-14(5-7-15)18(26)8-9-23(11-18)17(25)13-2-1-3-16(10-13)24-12-20-21-22-24/h1-7,10,12,26H,8-9,11H2. The lowest BCUT2D eigenvalue weighted by Crippen LogP contribution is -2.34. The predicted molar refractivity (Wildman–Crippen MR) is 90.0 cm³/mol. The average molecular weight is 353 g/mol. The molecule has 132 valence electrons. The van der Waals surface area contributed by atoms with E-state index in [1.807, 2.05) is 0 Å². The first kappa shape index (κ1) is 16.3. The highest BCUT2D eigenvalue weighted by Gasteiger charge is 2.39. The smallest absolute Gasteiger partial charge is 0.254 e. The first-order chi connectivity index (χ1) is 12.5. The van der Waals surface area contributed by atoms with Gasteiger partial charge in [-0.25, -0.2) is 9.07 Å². The number of aromatic nitrogens is 4. The summed E-state index contributed by atoms with van der Waals surface area (Å²) in [5.41, 5.74) is 0.600. The van der Waals surface area contributed by atoms with Gasteiger partial charge in [-0.1, -0.05) is 18.2 Å². The molecule has 1 N–H and O–H groups in total. The van der Waals surface area contributed by atoms with Gasteiger partial charge >= 0.3 is 0 Å². The maximum absolute atomic E-state index is 13.1. The topological polar surface area (TPSA) is 84.1 Å². The molecule has 1 aliphatic rings. The number of aliphatic hydroxyl groups is 1. The molecule has 7 nitrogen and oxygen atoms in total. The number of β-amino-alcohol motifs (C(OH)–C–C–N with tert-alkyl or cyclic N) is 1. The molecule has 0 aliphatic carbocycles. The van der Waals surface area contributed by atoms with Crippen LogP contribution in [0.15, 0.2) is 54.9 Å². The van der Waals surface area contributed by atoms with Gasteiger partial charge in [0.2, 0.25) is 0 Å². The number of carbonyl (C=O) groups excluding carboxylic acids is 1. The third-order valence-corrected chi connectivity index (χ3v) is 4.62. The first-order valence-electron chi connectivity index (χ1n) is 8.16. The molecule has 0 spiro atoms. The van der Waals surface area contributed by atoms with E-state index in [0.29, 0.717) is 29.8 Å². The van der Waals surface area contributed by atoms with Crippen LogP contribution in [0.3, 0.4) is 0 Å². The van der Waals surface area contributed by atoms with Gasteiger partial charge < -0.3 is 10.0 Å². The number of carbonyl (C=O) groups is 1. The Morgan fingerprint density at radius 2 is 2.00 bits per heavy atom. The molecule has 1 fully saturated rings. The molecule has 8 heteroatoms. The second kappa shape index (κ2) is 6.30. The summed E-state index contributed by atoms with van der Waals surface area (Å²) in [6, 6.07) is 12.7. The zero-order valence-corrected chi connectivity index (χ0v) is 13.8. The van der Waals surface area contributed by atoms with Gasteiger partial charge in [0, 0.05) is 12.1 Å². The van der Waals surface area contributed by atoms with Crippen molar-refractivity contribution in [2.45, 2.75) is 12.0 Å². The van der Waals surface area contributed by atoms with Crippen LogP contribution < -0.4 is 0 Å². The second-order valence-corrected chi connectivity index (χ2v) is 6.32. The van der Waals surface area contributed by atoms with Crippen LogP contribution >= 0.6 is 0 Å². The van der Waals surface area contributed by atoms with Gasteiger partial charge in [-0.2, -0.15) is 0 Å². The van der Waals surface area contributed by atoms with Crippen molar-refractivity contribution < 1.29 is 14.3 Å². The molecule has 1 atom stereocenters. The molecular formula is C18H16FN5O2. The molecule has 1 amide bonds. The molecule has 1 aromatic heterocycles. The van der Waals surface area contributed by atoms with Gasteiger partial charge in [0.25, 0.3) is 5.91 Å². The van der Waals surface area contributed by atoms with Gasteiger partial charge in [-0.15, -0.1) is 5.10 Å². The summed E-state index contributed by atoms with van der Waals surface area (Å²) in [5.74, 6) is -0.541. The molecule has 4 rings (SSSR count). The van der Waals surface area contributed by atoms with Crippen molar-refractivity contribution in [2.75, 3.05) is 13.1 Å². The lowest BCUT2D eigenvalue weighted by atomic mass is 9.93. The summed E-state index contributed by atoms with van der Waals surface area (Å²) in [4.78, 5) is 14.4. The molecule has 1 unspecified atom stereocenters. The normalized spacial score (nSPS) is 19.7.